The number of aromatic nitrogens is 1. The van der Waals surface area contributed by atoms with E-state index < -0.39 is 0 Å². The molecule has 2 saturated heterocycles. The average Bonchev–Trinajstić information content (AvgIpc) is 2.94. The number of benzene rings is 2. The Morgan fingerprint density at radius 3 is 2.71 bits per heavy atom. The van der Waals surface area contributed by atoms with Crippen molar-refractivity contribution >= 4 is 33.7 Å². The third kappa shape index (κ3) is 5.13. The first kappa shape index (κ1) is 25.2. The van der Waals surface area contributed by atoms with Crippen LogP contribution in [0.1, 0.15) is 30.5 Å². The molecule has 7 nitrogen and oxygen atoms in total. The van der Waals surface area contributed by atoms with Gasteiger partial charge in [0.2, 0.25) is 5.88 Å². The molecule has 1 aromatic heterocycles. The highest BCUT2D eigenvalue weighted by molar-refractivity contribution is 6.36. The van der Waals surface area contributed by atoms with Crippen LogP contribution in [-0.2, 0) is 13.0 Å². The molecule has 0 amide bonds. The van der Waals surface area contributed by atoms with Gasteiger partial charge in [0.15, 0.2) is 0 Å². The highest BCUT2D eigenvalue weighted by atomic mass is 35.5. The highest BCUT2D eigenvalue weighted by Gasteiger charge is 2.29. The van der Waals surface area contributed by atoms with Gasteiger partial charge in [0, 0.05) is 73.7 Å². The van der Waals surface area contributed by atoms with Gasteiger partial charge in [-0.15, -0.1) is 0 Å². The molecular formula is C30H35ClN6O. The second-order valence-corrected chi connectivity index (χ2v) is 11.2. The summed E-state index contributed by atoms with van der Waals surface area (Å²) in [4.78, 5) is 12.3. The summed E-state index contributed by atoms with van der Waals surface area (Å²) in [6.07, 6.45) is 3.64. The Kier molecular flexibility index (Phi) is 7.29. The molecule has 6 rings (SSSR count). The molecule has 3 aliphatic rings. The molecule has 0 spiro atoms. The number of piperidine rings is 1. The van der Waals surface area contributed by atoms with Gasteiger partial charge in [-0.3, -0.25) is 0 Å². The zero-order valence-corrected chi connectivity index (χ0v) is 22.8. The molecule has 198 valence electrons. The molecule has 4 heterocycles. The minimum atomic E-state index is 0.175. The third-order valence-electron chi connectivity index (χ3n) is 8.19. The molecule has 3 aliphatic heterocycles. The van der Waals surface area contributed by atoms with E-state index in [-0.39, 0.29) is 12.1 Å². The second kappa shape index (κ2) is 11.0. The van der Waals surface area contributed by atoms with Crippen LogP contribution >= 0.6 is 11.6 Å². The number of nitrogens with one attached hydrogen (secondary N) is 1. The predicted octanol–water partition coefficient (Wildman–Crippen LogP) is 4.62. The van der Waals surface area contributed by atoms with Gasteiger partial charge in [-0.2, -0.15) is 5.26 Å². The van der Waals surface area contributed by atoms with Crippen molar-refractivity contribution in [2.75, 3.05) is 56.1 Å². The van der Waals surface area contributed by atoms with Crippen molar-refractivity contribution in [3.8, 4) is 11.9 Å². The molecule has 0 radical (unpaired) electrons. The average molecular weight is 531 g/mol. The largest absolute Gasteiger partial charge is 0.474 e. The van der Waals surface area contributed by atoms with Gasteiger partial charge in [-0.1, -0.05) is 35.9 Å². The lowest BCUT2D eigenvalue weighted by Crippen LogP contribution is -2.51. The van der Waals surface area contributed by atoms with Crippen molar-refractivity contribution in [2.24, 2.45) is 0 Å². The first-order valence-electron chi connectivity index (χ1n) is 13.7. The minimum Gasteiger partial charge on any atom is -0.474 e. The van der Waals surface area contributed by atoms with Crippen LogP contribution in [0.2, 0.25) is 5.02 Å². The van der Waals surface area contributed by atoms with E-state index in [4.69, 9.17) is 21.3 Å². The zero-order valence-electron chi connectivity index (χ0n) is 22.0. The number of hydrogen-bond donors (Lipinski definition) is 1. The highest BCUT2D eigenvalue weighted by Crippen LogP contribution is 2.38. The Balaban J connectivity index is 1.35. The lowest BCUT2D eigenvalue weighted by Gasteiger charge is -2.38. The number of piperazine rings is 1. The Hall–Kier alpha value is -3.05. The van der Waals surface area contributed by atoms with E-state index in [0.717, 1.165) is 91.6 Å². The minimum absolute atomic E-state index is 0.175. The summed E-state index contributed by atoms with van der Waals surface area (Å²) in [6.45, 7) is 6.31. The smallest absolute Gasteiger partial charge is 0.215 e. The number of nitriles is 1. The first-order chi connectivity index (χ1) is 18.6. The topological polar surface area (TPSA) is 67.7 Å². The van der Waals surface area contributed by atoms with Crippen molar-refractivity contribution in [1.29, 1.82) is 5.26 Å². The normalized spacial score (nSPS) is 20.8. The molecule has 1 atom stereocenters. The number of pyridine rings is 1. The van der Waals surface area contributed by atoms with Crippen LogP contribution in [0.25, 0.3) is 10.8 Å². The number of anilines is 2. The van der Waals surface area contributed by atoms with Crippen molar-refractivity contribution < 1.29 is 4.74 Å². The fourth-order valence-corrected chi connectivity index (χ4v) is 6.43. The Labute approximate surface area is 229 Å². The van der Waals surface area contributed by atoms with Crippen LogP contribution in [0.15, 0.2) is 42.5 Å². The van der Waals surface area contributed by atoms with Crippen LogP contribution in [0.5, 0.6) is 5.88 Å². The van der Waals surface area contributed by atoms with Crippen molar-refractivity contribution in [2.45, 2.75) is 44.4 Å². The number of nitrogens with zero attached hydrogens (tertiary/aromatic N) is 5. The fourth-order valence-electron chi connectivity index (χ4n) is 6.15. The number of likely N-dealkylation sites (tertiary alicyclic amines) is 1. The van der Waals surface area contributed by atoms with Crippen LogP contribution in [-0.4, -0.2) is 68.3 Å². The summed E-state index contributed by atoms with van der Waals surface area (Å²) in [7, 11) is 2.17. The monoisotopic (exact) mass is 530 g/mol. The van der Waals surface area contributed by atoms with E-state index in [9.17, 15) is 5.26 Å². The number of hydrogen-bond acceptors (Lipinski definition) is 7. The lowest BCUT2D eigenvalue weighted by atomic mass is 9.99. The van der Waals surface area contributed by atoms with Gasteiger partial charge in [0.1, 0.15) is 6.10 Å². The van der Waals surface area contributed by atoms with Crippen LogP contribution in [0, 0.1) is 11.3 Å². The fraction of sp³-hybridized carbons (Fsp3) is 0.467. The van der Waals surface area contributed by atoms with Gasteiger partial charge >= 0.3 is 0 Å². The number of ether oxygens (including phenoxy) is 1. The summed E-state index contributed by atoms with van der Waals surface area (Å²) >= 11 is 6.69. The number of rotatable bonds is 5. The maximum Gasteiger partial charge on any atom is 0.215 e. The standard InChI is InChI=1S/C30H35ClN6O/c1-35-14-9-23(10-15-35)38-29-18-28(37-17-13-33-22(19-37)8-12-32)24-11-16-36(20-26(24)34-29)27-7-3-5-21-4-2-6-25(31)30(21)27/h2-7,18,22-23,33H,8-11,13-17,19-20H2,1H3. The summed E-state index contributed by atoms with van der Waals surface area (Å²) in [5, 5.41) is 15.8. The van der Waals surface area contributed by atoms with E-state index in [0.29, 0.717) is 13.0 Å². The van der Waals surface area contributed by atoms with Gasteiger partial charge < -0.3 is 24.8 Å². The summed E-state index contributed by atoms with van der Waals surface area (Å²) in [6, 6.07) is 17.2. The van der Waals surface area contributed by atoms with E-state index in [2.05, 4.69) is 63.5 Å². The molecule has 3 aromatic rings. The van der Waals surface area contributed by atoms with Gasteiger partial charge in [-0.25, -0.2) is 4.98 Å². The Morgan fingerprint density at radius 1 is 1.08 bits per heavy atom. The molecule has 8 heteroatoms. The summed E-state index contributed by atoms with van der Waals surface area (Å²) in [5.74, 6) is 0.724. The SMILES string of the molecule is CN1CCC(Oc2cc(N3CCNC(CC#N)C3)c3c(n2)CN(c2cccc4cccc(Cl)c24)CC3)CC1. The summed E-state index contributed by atoms with van der Waals surface area (Å²) in [5.41, 5.74) is 4.76. The molecule has 2 fully saturated rings. The van der Waals surface area contributed by atoms with E-state index in [1.165, 1.54) is 11.3 Å². The van der Waals surface area contributed by atoms with E-state index >= 15 is 0 Å². The zero-order chi connectivity index (χ0) is 26.1. The Morgan fingerprint density at radius 2 is 1.89 bits per heavy atom. The molecule has 0 bridgehead atoms. The van der Waals surface area contributed by atoms with Crippen molar-refractivity contribution in [3.63, 3.8) is 0 Å². The van der Waals surface area contributed by atoms with Gasteiger partial charge in [0.25, 0.3) is 0 Å². The lowest BCUT2D eigenvalue weighted by molar-refractivity contribution is 0.110. The van der Waals surface area contributed by atoms with Gasteiger partial charge in [-0.05, 0) is 43.8 Å². The molecule has 1 N–H and O–H groups in total. The van der Waals surface area contributed by atoms with Gasteiger partial charge in [0.05, 0.1) is 29.8 Å². The molecule has 38 heavy (non-hydrogen) atoms. The Bertz CT molecular complexity index is 1340. The van der Waals surface area contributed by atoms with E-state index in [1.54, 1.807) is 0 Å². The van der Waals surface area contributed by atoms with Crippen molar-refractivity contribution in [3.05, 3.63) is 58.7 Å². The van der Waals surface area contributed by atoms with E-state index in [1.807, 2.05) is 12.1 Å². The second-order valence-electron chi connectivity index (χ2n) is 10.8. The molecule has 2 aromatic carbocycles. The number of fused-ring (bicyclic) bond motifs is 2. The quantitative estimate of drug-likeness (QED) is 0.516. The molecular weight excluding hydrogens is 496 g/mol. The molecule has 0 saturated carbocycles. The maximum atomic E-state index is 9.29. The molecule has 1 unspecified atom stereocenters. The number of halogens is 1. The summed E-state index contributed by atoms with van der Waals surface area (Å²) < 4.78 is 6.53. The van der Waals surface area contributed by atoms with Crippen molar-refractivity contribution in [1.82, 2.24) is 15.2 Å². The molecule has 0 aliphatic carbocycles. The first-order valence-corrected chi connectivity index (χ1v) is 14.1. The maximum absolute atomic E-state index is 9.29. The van der Waals surface area contributed by atoms with Crippen LogP contribution in [0.4, 0.5) is 11.4 Å². The predicted molar refractivity (Wildman–Crippen MR) is 153 cm³/mol. The van der Waals surface area contributed by atoms with Crippen LogP contribution in [0.3, 0.4) is 0 Å². The van der Waals surface area contributed by atoms with Crippen LogP contribution < -0.4 is 19.9 Å². The third-order valence-corrected chi connectivity index (χ3v) is 8.51.